The Morgan fingerprint density at radius 3 is 2.73 bits per heavy atom. The van der Waals surface area contributed by atoms with Crippen molar-refractivity contribution in [2.24, 2.45) is 5.92 Å². The Kier molecular flexibility index (Phi) is 5.90. The molecule has 6 heteroatoms. The van der Waals surface area contributed by atoms with Crippen molar-refractivity contribution in [1.82, 2.24) is 9.55 Å². The normalized spacial score (nSPS) is 12.3. The van der Waals surface area contributed by atoms with Crippen LogP contribution in [0, 0.1) is 9.49 Å². The lowest BCUT2D eigenvalue weighted by atomic mass is 10.2. The first-order valence-corrected chi connectivity index (χ1v) is 12.5. The number of halogens is 1. The molecule has 2 rings (SSSR count). The van der Waals surface area contributed by atoms with Crippen molar-refractivity contribution in [2.75, 3.05) is 18.1 Å². The van der Waals surface area contributed by atoms with Gasteiger partial charge in [-0.15, -0.1) is 0 Å². The van der Waals surface area contributed by atoms with Crippen LogP contribution in [0.1, 0.15) is 13.8 Å². The van der Waals surface area contributed by atoms with Gasteiger partial charge in [0.1, 0.15) is 12.4 Å². The molecule has 0 atom stereocenters. The zero-order chi connectivity index (χ0) is 16.3. The molecule has 0 radical (unpaired) electrons. The molecule has 0 aliphatic heterocycles. The second kappa shape index (κ2) is 7.31. The van der Waals surface area contributed by atoms with Crippen molar-refractivity contribution < 1.29 is 4.74 Å². The van der Waals surface area contributed by atoms with Crippen LogP contribution in [-0.4, -0.2) is 30.4 Å². The Hall–Kier alpha value is -0.603. The SMILES string of the molecule is CC(C)CNc1ccnc2c1c(I)cn2COC[Si](C)(C)C. The molecule has 0 aromatic carbocycles. The van der Waals surface area contributed by atoms with Crippen molar-refractivity contribution >= 4 is 47.4 Å². The summed E-state index contributed by atoms with van der Waals surface area (Å²) in [5.74, 6) is 0.614. The van der Waals surface area contributed by atoms with Crippen LogP contribution in [0.4, 0.5) is 5.69 Å². The van der Waals surface area contributed by atoms with Crippen LogP contribution < -0.4 is 5.32 Å². The van der Waals surface area contributed by atoms with E-state index >= 15 is 0 Å². The molecule has 122 valence electrons. The second-order valence-corrected chi connectivity index (χ2v) is 13.9. The quantitative estimate of drug-likeness (QED) is 0.516. The number of hydrogen-bond donors (Lipinski definition) is 1. The molecule has 1 N–H and O–H groups in total. The number of rotatable bonds is 7. The number of nitrogens with zero attached hydrogens (tertiary/aromatic N) is 2. The second-order valence-electron chi connectivity index (χ2n) is 7.32. The van der Waals surface area contributed by atoms with E-state index in [1.54, 1.807) is 0 Å². The predicted octanol–water partition coefficient (Wildman–Crippen LogP) is 4.56. The van der Waals surface area contributed by atoms with Gasteiger partial charge in [0.05, 0.1) is 13.5 Å². The van der Waals surface area contributed by atoms with Crippen molar-refractivity contribution in [3.63, 3.8) is 0 Å². The number of anilines is 1. The summed E-state index contributed by atoms with van der Waals surface area (Å²) in [7, 11) is -1.18. The van der Waals surface area contributed by atoms with Crippen molar-refractivity contribution in [3.05, 3.63) is 22.0 Å². The van der Waals surface area contributed by atoms with Gasteiger partial charge >= 0.3 is 0 Å². The van der Waals surface area contributed by atoms with Crippen LogP contribution in [0.5, 0.6) is 0 Å². The average Bonchev–Trinajstić information content (AvgIpc) is 2.73. The third-order valence-electron chi connectivity index (χ3n) is 3.18. The number of fused-ring (bicyclic) bond motifs is 1. The lowest BCUT2D eigenvalue weighted by Crippen LogP contribution is -2.28. The van der Waals surface area contributed by atoms with Gasteiger partial charge in [0.2, 0.25) is 0 Å². The Bertz CT molecular complexity index is 634. The summed E-state index contributed by atoms with van der Waals surface area (Å²) in [6.45, 7) is 12.9. The van der Waals surface area contributed by atoms with Crippen LogP contribution in [0.2, 0.25) is 19.6 Å². The first-order valence-electron chi connectivity index (χ1n) is 7.73. The zero-order valence-corrected chi connectivity index (χ0v) is 17.3. The predicted molar refractivity (Wildman–Crippen MR) is 105 cm³/mol. The topological polar surface area (TPSA) is 39.1 Å². The molecule has 0 saturated carbocycles. The van der Waals surface area contributed by atoms with E-state index in [-0.39, 0.29) is 0 Å². The van der Waals surface area contributed by atoms with Crippen molar-refractivity contribution in [2.45, 2.75) is 40.2 Å². The maximum atomic E-state index is 5.90. The van der Waals surface area contributed by atoms with Crippen LogP contribution in [-0.2, 0) is 11.5 Å². The molecule has 0 fully saturated rings. The van der Waals surface area contributed by atoms with Gasteiger partial charge in [0.15, 0.2) is 0 Å². The molecule has 0 spiro atoms. The van der Waals surface area contributed by atoms with Crippen LogP contribution in [0.25, 0.3) is 11.0 Å². The molecule has 0 aliphatic carbocycles. The summed E-state index contributed by atoms with van der Waals surface area (Å²) >= 11 is 2.38. The van der Waals surface area contributed by atoms with E-state index in [1.807, 2.05) is 6.20 Å². The standard InChI is InChI=1S/C16H26IN3OSi/c1-12(2)8-19-14-6-7-18-16-15(14)13(17)9-20(16)10-21-11-22(3,4)5/h6-7,9,12H,8,10-11H2,1-5H3,(H,18,19). The highest BCUT2D eigenvalue weighted by atomic mass is 127. The number of hydrogen-bond acceptors (Lipinski definition) is 3. The van der Waals surface area contributed by atoms with Gasteiger partial charge in [0, 0.05) is 34.4 Å². The van der Waals surface area contributed by atoms with Crippen LogP contribution >= 0.6 is 22.6 Å². The smallest absolute Gasteiger partial charge is 0.144 e. The monoisotopic (exact) mass is 431 g/mol. The molecular formula is C16H26IN3OSi. The lowest BCUT2D eigenvalue weighted by molar-refractivity contribution is 0.112. The van der Waals surface area contributed by atoms with E-state index in [1.165, 1.54) is 8.96 Å². The lowest BCUT2D eigenvalue weighted by Gasteiger charge is -2.16. The minimum atomic E-state index is -1.18. The number of aromatic nitrogens is 2. The highest BCUT2D eigenvalue weighted by Gasteiger charge is 2.15. The largest absolute Gasteiger partial charge is 0.384 e. The highest BCUT2D eigenvalue weighted by Crippen LogP contribution is 2.28. The fourth-order valence-corrected chi connectivity index (χ4v) is 3.75. The molecule has 2 aromatic heterocycles. The molecule has 2 heterocycles. The van der Waals surface area contributed by atoms with Crippen molar-refractivity contribution in [3.8, 4) is 0 Å². The summed E-state index contributed by atoms with van der Waals surface area (Å²) in [5, 5.41) is 4.72. The van der Waals surface area contributed by atoms with Gasteiger partial charge in [-0.3, -0.25) is 0 Å². The van der Waals surface area contributed by atoms with Gasteiger partial charge in [-0.1, -0.05) is 33.5 Å². The van der Waals surface area contributed by atoms with E-state index < -0.39 is 8.07 Å². The van der Waals surface area contributed by atoms with Crippen LogP contribution in [0.3, 0.4) is 0 Å². The molecule has 22 heavy (non-hydrogen) atoms. The first-order chi connectivity index (χ1) is 10.3. The molecule has 0 unspecified atom stereocenters. The summed E-state index contributed by atoms with van der Waals surface area (Å²) < 4.78 is 9.23. The summed E-state index contributed by atoms with van der Waals surface area (Å²) in [6, 6.07) is 2.06. The Balaban J connectivity index is 2.21. The van der Waals surface area contributed by atoms with E-state index in [9.17, 15) is 0 Å². The maximum absolute atomic E-state index is 5.90. The van der Waals surface area contributed by atoms with Crippen LogP contribution in [0.15, 0.2) is 18.5 Å². The Morgan fingerprint density at radius 2 is 2.09 bits per heavy atom. The van der Waals surface area contributed by atoms with E-state index in [4.69, 9.17) is 4.74 Å². The summed E-state index contributed by atoms with van der Waals surface area (Å²) in [5.41, 5.74) is 2.15. The summed E-state index contributed by atoms with van der Waals surface area (Å²) in [6.07, 6.45) is 4.87. The van der Waals surface area contributed by atoms with E-state index in [0.29, 0.717) is 12.6 Å². The number of ether oxygens (including phenoxy) is 1. The minimum Gasteiger partial charge on any atom is -0.384 e. The zero-order valence-electron chi connectivity index (χ0n) is 14.1. The fraction of sp³-hybridized carbons (Fsp3) is 0.562. The van der Waals surface area contributed by atoms with Gasteiger partial charge in [-0.25, -0.2) is 4.98 Å². The Labute approximate surface area is 147 Å². The third kappa shape index (κ3) is 4.69. The molecule has 0 saturated heterocycles. The maximum Gasteiger partial charge on any atom is 0.144 e. The molecule has 2 aromatic rings. The molecule has 4 nitrogen and oxygen atoms in total. The minimum absolute atomic E-state index is 0.574. The van der Waals surface area contributed by atoms with Gasteiger partial charge in [-0.05, 0) is 34.6 Å². The average molecular weight is 431 g/mol. The molecule has 0 aliphatic rings. The summed E-state index contributed by atoms with van der Waals surface area (Å²) in [4.78, 5) is 4.55. The van der Waals surface area contributed by atoms with Gasteiger partial charge in [0.25, 0.3) is 0 Å². The number of pyridine rings is 1. The molecule has 0 amide bonds. The van der Waals surface area contributed by atoms with Crippen molar-refractivity contribution in [1.29, 1.82) is 0 Å². The van der Waals surface area contributed by atoms with E-state index in [2.05, 4.69) is 83.2 Å². The van der Waals surface area contributed by atoms with Gasteiger partial charge in [-0.2, -0.15) is 0 Å². The third-order valence-corrected chi connectivity index (χ3v) is 5.07. The molecular weight excluding hydrogens is 405 g/mol. The highest BCUT2D eigenvalue weighted by molar-refractivity contribution is 14.1. The molecule has 0 bridgehead atoms. The Morgan fingerprint density at radius 1 is 1.36 bits per heavy atom. The van der Waals surface area contributed by atoms with E-state index in [0.717, 1.165) is 24.1 Å². The number of nitrogens with one attached hydrogen (secondary N) is 1. The first kappa shape index (κ1) is 17.7. The fourth-order valence-electron chi connectivity index (χ4n) is 2.18. The van der Waals surface area contributed by atoms with Gasteiger partial charge < -0.3 is 14.6 Å².